The third-order valence-electron chi connectivity index (χ3n) is 2.48. The lowest BCUT2D eigenvalue weighted by molar-refractivity contribution is -0.138. The van der Waals surface area contributed by atoms with E-state index in [-0.39, 0.29) is 6.07 Å². The molecule has 1 unspecified atom stereocenters. The van der Waals surface area contributed by atoms with Gasteiger partial charge in [-0.05, 0) is 17.7 Å². The third kappa shape index (κ3) is 4.64. The van der Waals surface area contributed by atoms with E-state index >= 15 is 0 Å². The highest BCUT2D eigenvalue weighted by atomic mass is 19.4. The minimum absolute atomic E-state index is 0.229. The fraction of sp³-hybridized carbons (Fsp3) is 0.455. The lowest BCUT2D eigenvalue weighted by Gasteiger charge is -2.22. The zero-order chi connectivity index (χ0) is 15.6. The summed E-state index contributed by atoms with van der Waals surface area (Å²) >= 11 is 0. The summed E-state index contributed by atoms with van der Waals surface area (Å²) < 4.78 is 87.4. The van der Waals surface area contributed by atoms with Gasteiger partial charge in [0.25, 0.3) is 0 Å². The van der Waals surface area contributed by atoms with Crippen molar-refractivity contribution in [1.29, 1.82) is 0 Å². The van der Waals surface area contributed by atoms with Crippen molar-refractivity contribution in [3.05, 3.63) is 35.1 Å². The summed E-state index contributed by atoms with van der Waals surface area (Å²) in [6.45, 7) is -1.99. The molecule has 3 N–H and O–H groups in total. The molecule has 1 aromatic rings. The first-order chi connectivity index (χ1) is 9.04. The van der Waals surface area contributed by atoms with Crippen LogP contribution in [-0.4, -0.2) is 19.3 Å². The Balaban J connectivity index is 3.09. The highest BCUT2D eigenvalue weighted by Gasteiger charge is 2.36. The van der Waals surface area contributed by atoms with E-state index < -0.39 is 48.4 Å². The number of halogens is 7. The van der Waals surface area contributed by atoms with Crippen LogP contribution >= 0.6 is 0 Å². The summed E-state index contributed by atoms with van der Waals surface area (Å²) in [5.41, 5.74) is 3.33. The average molecular weight is 304 g/mol. The minimum atomic E-state index is -4.88. The van der Waals surface area contributed by atoms with Gasteiger partial charge in [0.2, 0.25) is 0 Å². The Morgan fingerprint density at radius 3 is 2.15 bits per heavy atom. The molecule has 1 rings (SSSR count). The van der Waals surface area contributed by atoms with E-state index in [0.717, 1.165) is 12.1 Å². The van der Waals surface area contributed by atoms with Gasteiger partial charge in [-0.25, -0.2) is 4.39 Å². The Labute approximate surface area is 109 Å². The minimum Gasteiger partial charge on any atom is -0.329 e. The molecule has 9 heteroatoms. The van der Waals surface area contributed by atoms with Crippen LogP contribution in [0.2, 0.25) is 0 Å². The second-order valence-electron chi connectivity index (χ2n) is 4.01. The summed E-state index contributed by atoms with van der Waals surface area (Å²) in [4.78, 5) is 0. The Kier molecular flexibility index (Phi) is 4.98. The third-order valence-corrected chi connectivity index (χ3v) is 2.48. The molecule has 0 aliphatic rings. The molecule has 0 saturated carbocycles. The van der Waals surface area contributed by atoms with Crippen molar-refractivity contribution in [3.63, 3.8) is 0 Å². The van der Waals surface area contributed by atoms with E-state index in [0.29, 0.717) is 0 Å². The molecular formula is C11H11F7N2. The van der Waals surface area contributed by atoms with Gasteiger partial charge >= 0.3 is 12.4 Å². The molecule has 114 valence electrons. The van der Waals surface area contributed by atoms with Crippen molar-refractivity contribution in [2.45, 2.75) is 18.4 Å². The monoisotopic (exact) mass is 304 g/mol. The van der Waals surface area contributed by atoms with Crippen molar-refractivity contribution in [3.8, 4) is 0 Å². The van der Waals surface area contributed by atoms with Crippen molar-refractivity contribution in [2.75, 3.05) is 13.1 Å². The number of hydrogen-bond acceptors (Lipinski definition) is 2. The van der Waals surface area contributed by atoms with Crippen LogP contribution in [0.25, 0.3) is 0 Å². The lowest BCUT2D eigenvalue weighted by Crippen LogP contribution is -2.36. The van der Waals surface area contributed by atoms with Crippen LogP contribution in [-0.2, 0) is 6.18 Å². The second kappa shape index (κ2) is 5.96. The number of nitrogens with one attached hydrogen (secondary N) is 1. The summed E-state index contributed by atoms with van der Waals surface area (Å²) in [5, 5.41) is 1.89. The van der Waals surface area contributed by atoms with Crippen LogP contribution in [0.15, 0.2) is 18.2 Å². The van der Waals surface area contributed by atoms with Crippen molar-refractivity contribution >= 4 is 0 Å². The highest BCUT2D eigenvalue weighted by molar-refractivity contribution is 5.33. The van der Waals surface area contributed by atoms with Crippen LogP contribution < -0.4 is 11.1 Å². The van der Waals surface area contributed by atoms with Gasteiger partial charge < -0.3 is 11.1 Å². The van der Waals surface area contributed by atoms with Gasteiger partial charge in [-0.1, -0.05) is 6.07 Å². The Hall–Kier alpha value is -1.35. The first-order valence-electron chi connectivity index (χ1n) is 5.41. The normalized spacial score (nSPS) is 14.4. The number of nitrogens with two attached hydrogens (primary N) is 1. The molecule has 0 fully saturated rings. The first kappa shape index (κ1) is 16.7. The molecule has 0 spiro atoms. The Bertz CT molecular complexity index is 453. The summed E-state index contributed by atoms with van der Waals surface area (Å²) in [7, 11) is 0. The zero-order valence-electron chi connectivity index (χ0n) is 9.95. The molecule has 0 bridgehead atoms. The van der Waals surface area contributed by atoms with Crippen molar-refractivity contribution < 1.29 is 30.7 Å². The Morgan fingerprint density at radius 1 is 1.10 bits per heavy atom. The van der Waals surface area contributed by atoms with Gasteiger partial charge in [0.05, 0.1) is 12.1 Å². The van der Waals surface area contributed by atoms with Gasteiger partial charge in [-0.15, -0.1) is 0 Å². The first-order valence-corrected chi connectivity index (χ1v) is 5.41. The zero-order valence-corrected chi connectivity index (χ0v) is 9.95. The van der Waals surface area contributed by atoms with E-state index in [1.54, 1.807) is 0 Å². The van der Waals surface area contributed by atoms with E-state index in [2.05, 4.69) is 0 Å². The summed E-state index contributed by atoms with van der Waals surface area (Å²) in [6.07, 6.45) is -9.48. The smallest absolute Gasteiger partial charge is 0.329 e. The summed E-state index contributed by atoms with van der Waals surface area (Å²) in [6, 6.07) is 0.364. The number of benzene rings is 1. The predicted molar refractivity (Wildman–Crippen MR) is 57.3 cm³/mol. The lowest BCUT2D eigenvalue weighted by atomic mass is 9.99. The van der Waals surface area contributed by atoms with Gasteiger partial charge in [0, 0.05) is 12.6 Å². The van der Waals surface area contributed by atoms with Crippen LogP contribution in [0, 0.1) is 5.82 Å². The van der Waals surface area contributed by atoms with Crippen LogP contribution in [0.4, 0.5) is 30.7 Å². The molecular weight excluding hydrogens is 293 g/mol. The maximum absolute atomic E-state index is 12.9. The van der Waals surface area contributed by atoms with Crippen molar-refractivity contribution in [2.24, 2.45) is 5.73 Å². The molecule has 0 aliphatic carbocycles. The van der Waals surface area contributed by atoms with Crippen molar-refractivity contribution in [1.82, 2.24) is 5.32 Å². The van der Waals surface area contributed by atoms with Gasteiger partial charge in [-0.3, -0.25) is 0 Å². The molecule has 0 radical (unpaired) electrons. The summed E-state index contributed by atoms with van der Waals surface area (Å²) in [5.74, 6) is -1.13. The van der Waals surface area contributed by atoms with Crippen LogP contribution in [0.1, 0.15) is 17.2 Å². The van der Waals surface area contributed by atoms with E-state index in [1.807, 2.05) is 5.32 Å². The largest absolute Gasteiger partial charge is 0.416 e. The molecule has 2 nitrogen and oxygen atoms in total. The number of hydrogen-bond donors (Lipinski definition) is 2. The quantitative estimate of drug-likeness (QED) is 0.839. The second-order valence-corrected chi connectivity index (χ2v) is 4.01. The maximum atomic E-state index is 12.9. The van der Waals surface area contributed by atoms with Gasteiger partial charge in [0.1, 0.15) is 5.82 Å². The average Bonchev–Trinajstić information content (AvgIpc) is 2.28. The SMILES string of the molecule is NCC(NCC(F)(F)F)c1ccc(F)cc1C(F)(F)F. The van der Waals surface area contributed by atoms with Gasteiger partial charge in [-0.2, -0.15) is 26.3 Å². The van der Waals surface area contributed by atoms with E-state index in [9.17, 15) is 30.7 Å². The fourth-order valence-electron chi connectivity index (χ4n) is 1.64. The maximum Gasteiger partial charge on any atom is 0.416 e. The molecule has 0 saturated heterocycles. The molecule has 0 aliphatic heterocycles. The highest BCUT2D eigenvalue weighted by Crippen LogP contribution is 2.35. The molecule has 0 heterocycles. The fourth-order valence-corrected chi connectivity index (χ4v) is 1.64. The van der Waals surface area contributed by atoms with E-state index in [1.165, 1.54) is 0 Å². The molecule has 0 amide bonds. The van der Waals surface area contributed by atoms with Gasteiger partial charge in [0.15, 0.2) is 0 Å². The molecule has 0 aromatic heterocycles. The molecule has 1 aromatic carbocycles. The number of alkyl halides is 6. The Morgan fingerprint density at radius 2 is 1.70 bits per heavy atom. The molecule has 20 heavy (non-hydrogen) atoms. The van der Waals surface area contributed by atoms with Crippen LogP contribution in [0.3, 0.4) is 0 Å². The molecule has 1 atom stereocenters. The standard InChI is InChI=1S/C11H11F7N2/c12-6-1-2-7(8(3-6)11(16,17)18)9(4-19)20-5-10(13,14)15/h1-3,9,20H,4-5,19H2. The topological polar surface area (TPSA) is 38.0 Å². The number of rotatable bonds is 4. The van der Waals surface area contributed by atoms with Crippen LogP contribution in [0.5, 0.6) is 0 Å². The predicted octanol–water partition coefficient (Wildman–Crippen LogP) is 3.00. The van der Waals surface area contributed by atoms with E-state index in [4.69, 9.17) is 5.73 Å².